The first kappa shape index (κ1) is 22.8. The Balaban J connectivity index is 2.01. The van der Waals surface area contributed by atoms with Gasteiger partial charge in [0.25, 0.3) is 0 Å². The highest BCUT2D eigenvalue weighted by molar-refractivity contribution is 5.97. The van der Waals surface area contributed by atoms with Crippen LogP contribution in [0.5, 0.6) is 0 Å². The molecule has 3 saturated carbocycles. The Labute approximate surface area is 180 Å². The van der Waals surface area contributed by atoms with E-state index >= 15 is 0 Å². The Hall–Kier alpha value is -1.91. The lowest BCUT2D eigenvalue weighted by molar-refractivity contribution is -0.204. The topological polar surface area (TPSA) is 69.7 Å². The third kappa shape index (κ3) is 3.54. The highest BCUT2D eigenvalue weighted by Gasteiger charge is 2.74. The van der Waals surface area contributed by atoms with Crippen LogP contribution in [0.3, 0.4) is 0 Å². The zero-order valence-electron chi connectivity index (χ0n) is 19.6. The zero-order chi connectivity index (χ0) is 22.6. The van der Waals surface area contributed by atoms with Gasteiger partial charge < -0.3 is 9.47 Å². The highest BCUT2D eigenvalue weighted by Crippen LogP contribution is 2.72. The van der Waals surface area contributed by atoms with Crippen molar-refractivity contribution >= 4 is 17.7 Å². The third-order valence-electron chi connectivity index (χ3n) is 7.55. The highest BCUT2D eigenvalue weighted by atomic mass is 16.6. The molecule has 4 unspecified atom stereocenters. The number of fused-ring (bicyclic) bond motifs is 3. The molecule has 4 rings (SSSR count). The summed E-state index contributed by atoms with van der Waals surface area (Å²) in [5.74, 6) is -0.343. The van der Waals surface area contributed by atoms with Crippen LogP contribution in [0.1, 0.15) is 68.2 Å². The summed E-state index contributed by atoms with van der Waals surface area (Å²) >= 11 is 0. The van der Waals surface area contributed by atoms with E-state index in [-0.39, 0.29) is 41.4 Å². The van der Waals surface area contributed by atoms with Gasteiger partial charge in [-0.15, -0.1) is 0 Å². The normalized spacial score (nSPS) is 36.2. The van der Waals surface area contributed by atoms with Crippen molar-refractivity contribution in [2.75, 3.05) is 0 Å². The minimum Gasteiger partial charge on any atom is -0.462 e. The first-order valence-electron chi connectivity index (χ1n) is 11.1. The van der Waals surface area contributed by atoms with Gasteiger partial charge in [0, 0.05) is 35.7 Å². The Morgan fingerprint density at radius 3 is 2.30 bits per heavy atom. The van der Waals surface area contributed by atoms with Crippen molar-refractivity contribution in [3.05, 3.63) is 23.3 Å². The Bertz CT molecular complexity index is 813. The number of hydrogen-bond acceptors (Lipinski definition) is 5. The summed E-state index contributed by atoms with van der Waals surface area (Å²) in [6, 6.07) is 0. The lowest BCUT2D eigenvalue weighted by atomic mass is 9.37. The first-order valence-corrected chi connectivity index (χ1v) is 11.1. The van der Waals surface area contributed by atoms with Crippen molar-refractivity contribution in [3.8, 4) is 0 Å². The maximum absolute atomic E-state index is 13.1. The van der Waals surface area contributed by atoms with Gasteiger partial charge in [-0.2, -0.15) is 0 Å². The predicted octanol–water partition coefficient (Wildman–Crippen LogP) is 4.65. The number of ether oxygens (including phenoxy) is 2. The Morgan fingerprint density at radius 1 is 1.13 bits per heavy atom. The fraction of sp³-hybridized carbons (Fsp3) is 0.720. The van der Waals surface area contributed by atoms with Crippen LogP contribution in [0.4, 0.5) is 0 Å². The van der Waals surface area contributed by atoms with Crippen LogP contribution in [0.2, 0.25) is 0 Å². The summed E-state index contributed by atoms with van der Waals surface area (Å²) < 4.78 is 12.0. The summed E-state index contributed by atoms with van der Waals surface area (Å²) in [6.45, 7) is 15.9. The quantitative estimate of drug-likeness (QED) is 0.482. The second kappa shape index (κ2) is 7.65. The minimum atomic E-state index is -0.464. The van der Waals surface area contributed by atoms with E-state index in [1.165, 1.54) is 6.08 Å². The van der Waals surface area contributed by atoms with Crippen LogP contribution in [-0.4, -0.2) is 29.9 Å². The number of carbonyl (C=O) groups excluding carboxylic acids is 3. The molecule has 166 valence electrons. The van der Waals surface area contributed by atoms with E-state index in [2.05, 4.69) is 20.8 Å². The number of allylic oxidation sites excluding steroid dienone is 3. The van der Waals surface area contributed by atoms with E-state index in [0.29, 0.717) is 12.8 Å². The van der Waals surface area contributed by atoms with Gasteiger partial charge in [-0.25, -0.2) is 4.79 Å². The molecule has 0 aromatic heterocycles. The van der Waals surface area contributed by atoms with E-state index < -0.39 is 23.0 Å². The van der Waals surface area contributed by atoms with Gasteiger partial charge in [0.05, 0.1) is 0 Å². The Morgan fingerprint density at radius 2 is 1.77 bits per heavy atom. The molecule has 0 spiro atoms. The molecule has 0 amide bonds. The summed E-state index contributed by atoms with van der Waals surface area (Å²) in [5, 5.41) is 0. The second-order valence-electron chi connectivity index (χ2n) is 10.9. The van der Waals surface area contributed by atoms with E-state index in [0.717, 1.165) is 11.1 Å². The van der Waals surface area contributed by atoms with Crippen molar-refractivity contribution in [2.45, 2.75) is 80.4 Å². The standard InChI is InChI=1S/C25H36O5/c1-13(2)9-19(27)29-17-12-18(30-20(28)10-14(3)4)25(8)21-15(5)11-16(26)22(25)23(21)24(17,6)7/h9,11,14,17-18,21-23H,10,12H2,1-8H3/t17-,18-,21?,22?,23?,25?/m1/s1. The van der Waals surface area contributed by atoms with Crippen LogP contribution in [-0.2, 0) is 23.9 Å². The van der Waals surface area contributed by atoms with Crippen LogP contribution in [0, 0.1) is 34.5 Å². The average Bonchev–Trinajstić information content (AvgIpc) is 2.66. The van der Waals surface area contributed by atoms with Gasteiger partial charge in [0.2, 0.25) is 0 Å². The molecule has 3 fully saturated rings. The lowest BCUT2D eigenvalue weighted by Gasteiger charge is -2.65. The van der Waals surface area contributed by atoms with Gasteiger partial charge in [-0.1, -0.05) is 45.8 Å². The third-order valence-corrected chi connectivity index (χ3v) is 7.55. The summed E-state index contributed by atoms with van der Waals surface area (Å²) in [7, 11) is 0. The first-order chi connectivity index (χ1) is 13.8. The van der Waals surface area contributed by atoms with E-state index in [1.807, 2.05) is 34.6 Å². The monoisotopic (exact) mass is 416 g/mol. The summed E-state index contributed by atoms with van der Waals surface area (Å²) in [6.07, 6.45) is 3.10. The van der Waals surface area contributed by atoms with Crippen molar-refractivity contribution < 1.29 is 23.9 Å². The second-order valence-corrected chi connectivity index (χ2v) is 10.9. The lowest BCUT2D eigenvalue weighted by Crippen LogP contribution is -2.67. The number of rotatable bonds is 5. The van der Waals surface area contributed by atoms with E-state index in [4.69, 9.17) is 9.47 Å². The van der Waals surface area contributed by atoms with Crippen LogP contribution in [0.15, 0.2) is 23.3 Å². The van der Waals surface area contributed by atoms with Gasteiger partial charge >= 0.3 is 11.9 Å². The maximum atomic E-state index is 13.1. The van der Waals surface area contributed by atoms with E-state index in [9.17, 15) is 14.4 Å². The van der Waals surface area contributed by atoms with Crippen LogP contribution < -0.4 is 0 Å². The fourth-order valence-electron chi connectivity index (χ4n) is 6.25. The summed E-state index contributed by atoms with van der Waals surface area (Å²) in [5.41, 5.74) is 1.05. The molecule has 4 aliphatic rings. The number of carbonyl (C=O) groups is 3. The van der Waals surface area contributed by atoms with E-state index in [1.54, 1.807) is 6.08 Å². The smallest absolute Gasteiger partial charge is 0.330 e. The molecule has 0 heterocycles. The molecule has 0 aromatic rings. The number of esters is 2. The molecule has 6 atom stereocenters. The molecule has 0 N–H and O–H groups in total. The molecular weight excluding hydrogens is 380 g/mol. The molecule has 0 aromatic carbocycles. The molecule has 4 bridgehead atoms. The molecule has 0 radical (unpaired) electrons. The van der Waals surface area contributed by atoms with Crippen LogP contribution >= 0.6 is 0 Å². The van der Waals surface area contributed by atoms with Gasteiger partial charge in [-0.3, -0.25) is 9.59 Å². The summed E-state index contributed by atoms with van der Waals surface area (Å²) in [4.78, 5) is 38.2. The molecule has 5 nitrogen and oxygen atoms in total. The minimum absolute atomic E-state index is 0.0679. The SMILES string of the molecule is CC(C)=CC(=O)O[C@@H]1C[C@@H](OC(=O)CC(C)C)C2(C)C3C(=O)C=C(C)C2C3C1(C)C. The molecule has 5 heteroatoms. The van der Waals surface area contributed by atoms with Gasteiger partial charge in [0.15, 0.2) is 5.78 Å². The molecule has 4 aliphatic carbocycles. The Kier molecular flexibility index (Phi) is 5.81. The zero-order valence-corrected chi connectivity index (χ0v) is 19.6. The molecular formula is C25H36O5. The van der Waals surface area contributed by atoms with Crippen molar-refractivity contribution in [3.63, 3.8) is 0 Å². The fourth-order valence-corrected chi connectivity index (χ4v) is 6.25. The number of hydrogen-bond donors (Lipinski definition) is 0. The number of ketones is 1. The van der Waals surface area contributed by atoms with Gasteiger partial charge in [-0.05, 0) is 44.6 Å². The largest absolute Gasteiger partial charge is 0.462 e. The van der Waals surface area contributed by atoms with Gasteiger partial charge in [0.1, 0.15) is 12.2 Å². The average molecular weight is 417 g/mol. The van der Waals surface area contributed by atoms with Crippen molar-refractivity contribution in [1.29, 1.82) is 0 Å². The maximum Gasteiger partial charge on any atom is 0.330 e. The van der Waals surface area contributed by atoms with Crippen LogP contribution in [0.25, 0.3) is 0 Å². The predicted molar refractivity (Wildman–Crippen MR) is 114 cm³/mol. The molecule has 0 aliphatic heterocycles. The van der Waals surface area contributed by atoms with Crippen molar-refractivity contribution in [2.24, 2.45) is 34.5 Å². The molecule has 0 saturated heterocycles. The van der Waals surface area contributed by atoms with Crippen molar-refractivity contribution in [1.82, 2.24) is 0 Å². The molecule has 30 heavy (non-hydrogen) atoms.